The molecule has 0 aliphatic rings. The van der Waals surface area contributed by atoms with Gasteiger partial charge < -0.3 is 19.2 Å². The second-order valence-corrected chi connectivity index (χ2v) is 8.77. The number of hydrogen-bond donors (Lipinski definition) is 2. The van der Waals surface area contributed by atoms with E-state index < -0.39 is 45.3 Å². The van der Waals surface area contributed by atoms with Gasteiger partial charge in [0.1, 0.15) is 4.88 Å². The van der Waals surface area contributed by atoms with Crippen LogP contribution in [0, 0.1) is 0 Å². The van der Waals surface area contributed by atoms with Crippen molar-refractivity contribution in [2.45, 2.75) is 12.0 Å². The largest absolute Gasteiger partial charge is 0.462 e. The van der Waals surface area contributed by atoms with Crippen molar-refractivity contribution in [3.8, 4) is 10.4 Å². The first kappa shape index (κ1) is 23.2. The number of sulfonamides is 1. The van der Waals surface area contributed by atoms with Gasteiger partial charge in [0.2, 0.25) is 10.9 Å². The van der Waals surface area contributed by atoms with Crippen molar-refractivity contribution in [2.75, 3.05) is 18.5 Å². The van der Waals surface area contributed by atoms with Crippen LogP contribution in [0.3, 0.4) is 0 Å². The molecule has 0 bridgehead atoms. The van der Waals surface area contributed by atoms with E-state index in [1.807, 2.05) is 30.3 Å². The van der Waals surface area contributed by atoms with Gasteiger partial charge in [-0.2, -0.15) is 0 Å². The minimum absolute atomic E-state index is 0.159. The Morgan fingerprint density at radius 3 is 2.41 bits per heavy atom. The summed E-state index contributed by atoms with van der Waals surface area (Å²) in [6, 6.07) is 12.9. The molecule has 2 aromatic heterocycles. The van der Waals surface area contributed by atoms with Crippen molar-refractivity contribution in [1.29, 1.82) is 0 Å². The summed E-state index contributed by atoms with van der Waals surface area (Å²) in [5.41, 5.74) is 1.06. The number of carbonyl (C=O) groups excluding carboxylic acids is 3. The second kappa shape index (κ2) is 9.77. The first-order chi connectivity index (χ1) is 15.2. The number of primary sulfonamides is 1. The molecule has 1 aromatic carbocycles. The van der Waals surface area contributed by atoms with Crippen molar-refractivity contribution in [1.82, 2.24) is 0 Å². The standard InChI is InChI=1S/C20H18N2O8S2/c1-2-28-20(25)18-13(10-15(31-18)12-6-4-3-5-7-12)22-16(23)11-29-19(24)14-8-9-17(30-14)32(21,26)27/h3-10H,2,11H2,1H3,(H,22,23)(H2,21,26,27). The third-order valence-corrected chi connectivity index (χ3v) is 5.87. The molecule has 32 heavy (non-hydrogen) atoms. The number of anilines is 1. The number of rotatable bonds is 8. The summed E-state index contributed by atoms with van der Waals surface area (Å²) in [7, 11) is -4.12. The summed E-state index contributed by atoms with van der Waals surface area (Å²) in [5, 5.41) is 6.82. The Balaban J connectivity index is 1.71. The monoisotopic (exact) mass is 478 g/mol. The van der Waals surface area contributed by atoms with Crippen LogP contribution in [0.2, 0.25) is 0 Å². The third-order valence-electron chi connectivity index (χ3n) is 3.92. The van der Waals surface area contributed by atoms with Gasteiger partial charge in [0.15, 0.2) is 6.61 Å². The van der Waals surface area contributed by atoms with Crippen LogP contribution in [-0.2, 0) is 24.3 Å². The second-order valence-electron chi connectivity index (χ2n) is 6.23. The lowest BCUT2D eigenvalue weighted by atomic mass is 10.2. The molecule has 12 heteroatoms. The van der Waals surface area contributed by atoms with E-state index in [1.165, 1.54) is 0 Å². The maximum Gasteiger partial charge on any atom is 0.374 e. The molecule has 10 nitrogen and oxygen atoms in total. The predicted octanol–water partition coefficient (Wildman–Crippen LogP) is 2.63. The first-order valence-electron chi connectivity index (χ1n) is 9.15. The zero-order chi connectivity index (χ0) is 23.3. The zero-order valence-electron chi connectivity index (χ0n) is 16.7. The maximum atomic E-state index is 12.3. The van der Waals surface area contributed by atoms with Gasteiger partial charge in [-0.25, -0.2) is 23.1 Å². The van der Waals surface area contributed by atoms with E-state index in [1.54, 1.807) is 13.0 Å². The van der Waals surface area contributed by atoms with Crippen LogP contribution < -0.4 is 10.5 Å². The summed E-state index contributed by atoms with van der Waals surface area (Å²) in [4.78, 5) is 37.5. The number of nitrogens with two attached hydrogens (primary N) is 1. The van der Waals surface area contributed by atoms with Crippen molar-refractivity contribution < 1.29 is 36.7 Å². The molecule has 1 amide bonds. The molecule has 0 fully saturated rings. The Hall–Kier alpha value is -3.48. The van der Waals surface area contributed by atoms with E-state index in [-0.39, 0.29) is 17.2 Å². The fraction of sp³-hybridized carbons (Fsp3) is 0.150. The lowest BCUT2D eigenvalue weighted by Gasteiger charge is -2.06. The molecular weight excluding hydrogens is 460 g/mol. The zero-order valence-corrected chi connectivity index (χ0v) is 18.3. The van der Waals surface area contributed by atoms with Crippen LogP contribution in [0.15, 0.2) is 58.0 Å². The molecule has 3 N–H and O–H groups in total. The van der Waals surface area contributed by atoms with Crippen molar-refractivity contribution >= 4 is 44.9 Å². The number of hydrogen-bond acceptors (Lipinski definition) is 9. The molecule has 3 rings (SSSR count). The van der Waals surface area contributed by atoms with Crippen LogP contribution >= 0.6 is 11.3 Å². The van der Waals surface area contributed by atoms with E-state index >= 15 is 0 Å². The number of esters is 2. The Kier molecular flexibility index (Phi) is 7.08. The lowest BCUT2D eigenvalue weighted by Crippen LogP contribution is -2.21. The summed E-state index contributed by atoms with van der Waals surface area (Å²) in [5.74, 6) is -2.82. The lowest BCUT2D eigenvalue weighted by molar-refractivity contribution is -0.119. The van der Waals surface area contributed by atoms with Gasteiger partial charge in [-0.3, -0.25) is 4.79 Å². The number of furan rings is 1. The van der Waals surface area contributed by atoms with Gasteiger partial charge >= 0.3 is 11.9 Å². The predicted molar refractivity (Wildman–Crippen MR) is 115 cm³/mol. The first-order valence-corrected chi connectivity index (χ1v) is 11.5. The van der Waals surface area contributed by atoms with Crippen molar-refractivity contribution in [3.05, 3.63) is 59.2 Å². The molecule has 0 aliphatic carbocycles. The highest BCUT2D eigenvalue weighted by molar-refractivity contribution is 7.89. The topological polar surface area (TPSA) is 155 Å². The van der Waals surface area contributed by atoms with Gasteiger partial charge in [-0.05, 0) is 30.7 Å². The number of nitrogens with one attached hydrogen (secondary N) is 1. The normalized spacial score (nSPS) is 11.1. The molecule has 0 unspecified atom stereocenters. The van der Waals surface area contributed by atoms with E-state index in [0.29, 0.717) is 0 Å². The third kappa shape index (κ3) is 5.60. The van der Waals surface area contributed by atoms with Crippen LogP contribution in [0.4, 0.5) is 5.69 Å². The smallest absolute Gasteiger partial charge is 0.374 e. The average Bonchev–Trinajstić information content (AvgIpc) is 3.41. The van der Waals surface area contributed by atoms with Crippen LogP contribution in [-0.4, -0.2) is 39.5 Å². The highest BCUT2D eigenvalue weighted by atomic mass is 32.2. The number of benzene rings is 1. The number of thiophene rings is 1. The fourth-order valence-electron chi connectivity index (χ4n) is 2.55. The molecule has 0 saturated carbocycles. The summed E-state index contributed by atoms with van der Waals surface area (Å²) in [6.07, 6.45) is 0. The van der Waals surface area contributed by atoms with Gasteiger partial charge in [-0.15, -0.1) is 11.3 Å². The summed E-state index contributed by atoms with van der Waals surface area (Å²) < 4.78 is 37.1. The number of amides is 1. The van der Waals surface area contributed by atoms with Gasteiger partial charge in [0.05, 0.1) is 12.3 Å². The summed E-state index contributed by atoms with van der Waals surface area (Å²) in [6.45, 7) is 1.12. The van der Waals surface area contributed by atoms with E-state index in [2.05, 4.69) is 5.32 Å². The minimum atomic E-state index is -4.12. The highest BCUT2D eigenvalue weighted by Gasteiger charge is 2.22. The molecule has 0 atom stereocenters. The van der Waals surface area contributed by atoms with Gasteiger partial charge in [-0.1, -0.05) is 30.3 Å². The van der Waals surface area contributed by atoms with Gasteiger partial charge in [0, 0.05) is 4.88 Å². The van der Waals surface area contributed by atoms with Crippen molar-refractivity contribution in [2.24, 2.45) is 5.14 Å². The SMILES string of the molecule is CCOC(=O)c1sc(-c2ccccc2)cc1NC(=O)COC(=O)c1ccc(S(N)(=O)=O)o1. The molecule has 0 aliphatic heterocycles. The fourth-order valence-corrected chi connectivity index (χ4v) is 4.02. The quantitative estimate of drug-likeness (QED) is 0.468. The van der Waals surface area contributed by atoms with E-state index in [4.69, 9.17) is 19.0 Å². The molecule has 0 spiro atoms. The van der Waals surface area contributed by atoms with Crippen LogP contribution in [0.25, 0.3) is 10.4 Å². The Morgan fingerprint density at radius 2 is 1.78 bits per heavy atom. The average molecular weight is 479 g/mol. The molecular formula is C20H18N2O8S2. The Labute approximate surface area is 187 Å². The number of carbonyl (C=O) groups is 3. The van der Waals surface area contributed by atoms with E-state index in [0.717, 1.165) is 33.9 Å². The Morgan fingerprint density at radius 1 is 1.06 bits per heavy atom. The van der Waals surface area contributed by atoms with Crippen LogP contribution in [0.1, 0.15) is 27.2 Å². The molecule has 0 saturated heterocycles. The van der Waals surface area contributed by atoms with Crippen LogP contribution in [0.5, 0.6) is 0 Å². The number of ether oxygens (including phenoxy) is 2. The molecule has 0 radical (unpaired) electrons. The summed E-state index contributed by atoms with van der Waals surface area (Å²) >= 11 is 1.15. The maximum absolute atomic E-state index is 12.3. The molecule has 2 heterocycles. The van der Waals surface area contributed by atoms with Crippen molar-refractivity contribution in [3.63, 3.8) is 0 Å². The van der Waals surface area contributed by atoms with E-state index in [9.17, 15) is 22.8 Å². The Bertz CT molecular complexity index is 1250. The minimum Gasteiger partial charge on any atom is -0.462 e. The highest BCUT2D eigenvalue weighted by Crippen LogP contribution is 2.35. The van der Waals surface area contributed by atoms with Gasteiger partial charge in [0.25, 0.3) is 15.9 Å². The molecule has 3 aromatic rings. The molecule has 168 valence electrons.